The van der Waals surface area contributed by atoms with Gasteiger partial charge in [0, 0.05) is 24.5 Å². The number of aliphatic carboxylic acids is 1. The second kappa shape index (κ2) is 5.81. The van der Waals surface area contributed by atoms with Crippen molar-refractivity contribution in [3.8, 4) is 0 Å². The van der Waals surface area contributed by atoms with E-state index in [1.165, 1.54) is 12.4 Å². The number of piperidine rings is 1. The molecule has 1 N–H and O–H groups in total. The number of carboxylic acid groups (broad SMARTS) is 1. The zero-order valence-corrected chi connectivity index (χ0v) is 12.7. The van der Waals surface area contributed by atoms with Gasteiger partial charge in [-0.1, -0.05) is 0 Å². The molecule has 0 radical (unpaired) electrons. The lowest BCUT2D eigenvalue weighted by Crippen LogP contribution is -2.58. The van der Waals surface area contributed by atoms with Crippen molar-refractivity contribution >= 4 is 5.97 Å². The van der Waals surface area contributed by atoms with Crippen LogP contribution in [0.5, 0.6) is 0 Å². The lowest BCUT2D eigenvalue weighted by molar-refractivity contribution is -0.148. The van der Waals surface area contributed by atoms with E-state index in [9.17, 15) is 23.1 Å². The number of imidazole rings is 1. The molecule has 1 aliphatic carbocycles. The Morgan fingerprint density at radius 3 is 2.70 bits per heavy atom. The van der Waals surface area contributed by atoms with Crippen molar-refractivity contribution in [2.75, 3.05) is 6.54 Å². The Bertz CT molecular complexity index is 581. The van der Waals surface area contributed by atoms with Crippen molar-refractivity contribution in [1.29, 1.82) is 0 Å². The maximum atomic E-state index is 12.6. The summed E-state index contributed by atoms with van der Waals surface area (Å²) in [7, 11) is 0. The highest BCUT2D eigenvalue weighted by molar-refractivity contribution is 5.70. The zero-order valence-electron chi connectivity index (χ0n) is 12.7. The van der Waals surface area contributed by atoms with Crippen molar-refractivity contribution < 1.29 is 23.1 Å². The van der Waals surface area contributed by atoms with Crippen LogP contribution in [0.3, 0.4) is 0 Å². The van der Waals surface area contributed by atoms with Gasteiger partial charge in [-0.2, -0.15) is 13.2 Å². The number of alkyl halides is 3. The molecule has 3 rings (SSSR count). The molecule has 5 nitrogen and oxygen atoms in total. The minimum absolute atomic E-state index is 0.0407. The van der Waals surface area contributed by atoms with E-state index in [0.717, 1.165) is 30.3 Å². The molecule has 0 amide bonds. The van der Waals surface area contributed by atoms with Crippen LogP contribution in [-0.4, -0.2) is 43.8 Å². The molecule has 1 aromatic rings. The van der Waals surface area contributed by atoms with Crippen LogP contribution >= 0.6 is 0 Å². The summed E-state index contributed by atoms with van der Waals surface area (Å²) in [5.41, 5.74) is -0.0407. The van der Waals surface area contributed by atoms with Crippen molar-refractivity contribution in [2.24, 2.45) is 5.92 Å². The monoisotopic (exact) mass is 331 g/mol. The van der Waals surface area contributed by atoms with Gasteiger partial charge in [0.15, 0.2) is 0 Å². The Morgan fingerprint density at radius 2 is 2.13 bits per heavy atom. The average Bonchev–Trinajstić information content (AvgIpc) is 2.82. The highest BCUT2D eigenvalue weighted by Crippen LogP contribution is 2.46. The SMILES string of the molecule is O=C(O)C1CCC2(CCC2)N(Cc2nccn2CC(F)(F)F)C1. The van der Waals surface area contributed by atoms with Crippen molar-refractivity contribution in [2.45, 2.75) is 56.9 Å². The van der Waals surface area contributed by atoms with Gasteiger partial charge in [0.05, 0.1) is 12.5 Å². The number of aromatic nitrogens is 2. The number of carboxylic acids is 1. The molecule has 1 spiro atoms. The summed E-state index contributed by atoms with van der Waals surface area (Å²) >= 11 is 0. The van der Waals surface area contributed by atoms with Crippen LogP contribution in [0.25, 0.3) is 0 Å². The largest absolute Gasteiger partial charge is 0.481 e. The molecule has 2 heterocycles. The molecule has 2 fully saturated rings. The van der Waals surface area contributed by atoms with E-state index in [1.807, 2.05) is 4.90 Å². The summed E-state index contributed by atoms with van der Waals surface area (Å²) in [6.45, 7) is -0.410. The predicted octanol–water partition coefficient (Wildman–Crippen LogP) is 2.66. The van der Waals surface area contributed by atoms with Gasteiger partial charge in [0.25, 0.3) is 0 Å². The highest BCUT2D eigenvalue weighted by atomic mass is 19.4. The van der Waals surface area contributed by atoms with E-state index in [2.05, 4.69) is 4.98 Å². The summed E-state index contributed by atoms with van der Waals surface area (Å²) in [6, 6.07) is 0. The topological polar surface area (TPSA) is 58.4 Å². The Kier molecular flexibility index (Phi) is 4.12. The third kappa shape index (κ3) is 3.36. The van der Waals surface area contributed by atoms with Crippen LogP contribution in [0.2, 0.25) is 0 Å². The molecule has 0 bridgehead atoms. The molecule has 0 aromatic carbocycles. The maximum Gasteiger partial charge on any atom is 0.406 e. The molecule has 2 aliphatic rings. The summed E-state index contributed by atoms with van der Waals surface area (Å²) in [5.74, 6) is -0.935. The normalized spacial score (nSPS) is 24.6. The van der Waals surface area contributed by atoms with Gasteiger partial charge in [-0.05, 0) is 32.1 Å². The van der Waals surface area contributed by atoms with Crippen LogP contribution in [0.4, 0.5) is 13.2 Å². The minimum Gasteiger partial charge on any atom is -0.481 e. The van der Waals surface area contributed by atoms with Crippen LogP contribution in [0.15, 0.2) is 12.4 Å². The smallest absolute Gasteiger partial charge is 0.406 e. The molecule has 8 heteroatoms. The van der Waals surface area contributed by atoms with Gasteiger partial charge in [-0.3, -0.25) is 9.69 Å². The molecule has 128 valence electrons. The average molecular weight is 331 g/mol. The number of rotatable bonds is 4. The molecule has 1 aromatic heterocycles. The third-order valence-corrected chi connectivity index (χ3v) is 5.19. The number of hydrogen-bond donors (Lipinski definition) is 1. The molecular weight excluding hydrogens is 311 g/mol. The molecule has 1 saturated heterocycles. The standard InChI is InChI=1S/C15H20F3N3O2/c16-15(17,18)10-20-7-6-19-12(20)9-21-8-11(13(22)23)2-5-14(21)3-1-4-14/h6-7,11H,1-5,8-10H2,(H,22,23). The summed E-state index contributed by atoms with van der Waals surface area (Å²) in [5, 5.41) is 9.25. The Balaban J connectivity index is 1.77. The number of likely N-dealkylation sites (tertiary alicyclic amines) is 1. The van der Waals surface area contributed by atoms with Crippen LogP contribution in [0, 0.1) is 5.92 Å². The number of hydrogen-bond acceptors (Lipinski definition) is 3. The summed E-state index contributed by atoms with van der Waals surface area (Å²) in [4.78, 5) is 17.4. The second-order valence-electron chi connectivity index (χ2n) is 6.62. The second-order valence-corrected chi connectivity index (χ2v) is 6.62. The zero-order chi connectivity index (χ0) is 16.7. The quantitative estimate of drug-likeness (QED) is 0.921. The number of nitrogens with zero attached hydrogens (tertiary/aromatic N) is 3. The van der Waals surface area contributed by atoms with Gasteiger partial charge in [-0.15, -0.1) is 0 Å². The Morgan fingerprint density at radius 1 is 1.39 bits per heavy atom. The minimum atomic E-state index is -4.30. The first-order valence-corrected chi connectivity index (χ1v) is 7.84. The molecule has 23 heavy (non-hydrogen) atoms. The molecule has 1 aliphatic heterocycles. The molecule has 1 unspecified atom stereocenters. The fourth-order valence-electron chi connectivity index (χ4n) is 3.74. The van der Waals surface area contributed by atoms with Crippen molar-refractivity contribution in [3.05, 3.63) is 18.2 Å². The summed E-state index contributed by atoms with van der Waals surface area (Å²) < 4.78 is 39.0. The molecular formula is C15H20F3N3O2. The van der Waals surface area contributed by atoms with Crippen LogP contribution in [0.1, 0.15) is 37.9 Å². The van der Waals surface area contributed by atoms with Gasteiger partial charge >= 0.3 is 12.1 Å². The maximum absolute atomic E-state index is 12.6. The van der Waals surface area contributed by atoms with Crippen LogP contribution < -0.4 is 0 Å². The van der Waals surface area contributed by atoms with E-state index < -0.39 is 24.6 Å². The van der Waals surface area contributed by atoms with Gasteiger partial charge in [0.2, 0.25) is 0 Å². The first-order valence-electron chi connectivity index (χ1n) is 7.84. The van der Waals surface area contributed by atoms with Crippen molar-refractivity contribution in [3.63, 3.8) is 0 Å². The Hall–Kier alpha value is -1.57. The fraction of sp³-hybridized carbons (Fsp3) is 0.733. The van der Waals surface area contributed by atoms with E-state index in [-0.39, 0.29) is 12.1 Å². The predicted molar refractivity (Wildman–Crippen MR) is 75.6 cm³/mol. The van der Waals surface area contributed by atoms with E-state index >= 15 is 0 Å². The van der Waals surface area contributed by atoms with Crippen molar-refractivity contribution in [1.82, 2.24) is 14.5 Å². The van der Waals surface area contributed by atoms with Gasteiger partial charge < -0.3 is 9.67 Å². The fourth-order valence-corrected chi connectivity index (χ4v) is 3.74. The number of halogens is 3. The lowest BCUT2D eigenvalue weighted by atomic mass is 9.68. The van der Waals surface area contributed by atoms with E-state index in [1.54, 1.807) is 0 Å². The first kappa shape index (κ1) is 16.3. The van der Waals surface area contributed by atoms with Crippen LogP contribution in [-0.2, 0) is 17.9 Å². The molecule has 1 saturated carbocycles. The van der Waals surface area contributed by atoms with Gasteiger partial charge in [0.1, 0.15) is 12.4 Å². The molecule has 1 atom stereocenters. The Labute approximate surface area is 132 Å². The van der Waals surface area contributed by atoms with E-state index in [0.29, 0.717) is 18.8 Å². The lowest BCUT2D eigenvalue weighted by Gasteiger charge is -2.54. The van der Waals surface area contributed by atoms with Gasteiger partial charge in [-0.25, -0.2) is 4.98 Å². The van der Waals surface area contributed by atoms with E-state index in [4.69, 9.17) is 0 Å². The highest BCUT2D eigenvalue weighted by Gasteiger charge is 2.47. The third-order valence-electron chi connectivity index (χ3n) is 5.19. The number of carbonyl (C=O) groups is 1. The first-order chi connectivity index (χ1) is 10.8. The summed E-state index contributed by atoms with van der Waals surface area (Å²) in [6.07, 6.45) is 2.90.